The molecule has 0 radical (unpaired) electrons. The smallest absolute Gasteiger partial charge is 0.322 e. The van der Waals surface area contributed by atoms with Crippen LogP contribution >= 0.6 is 0 Å². The minimum Gasteiger partial charge on any atom is -0.469 e. The molecule has 5 heterocycles. The highest BCUT2D eigenvalue weighted by molar-refractivity contribution is 6.24. The van der Waals surface area contributed by atoms with Gasteiger partial charge >= 0.3 is 11.9 Å². The van der Waals surface area contributed by atoms with E-state index in [4.69, 9.17) is 15.2 Å². The summed E-state index contributed by atoms with van der Waals surface area (Å²) >= 11 is 0. The third-order valence-corrected chi connectivity index (χ3v) is 9.99. The van der Waals surface area contributed by atoms with E-state index < -0.39 is 11.9 Å². The van der Waals surface area contributed by atoms with Gasteiger partial charge in [0.1, 0.15) is 12.6 Å². The maximum atomic E-state index is 14.2. The summed E-state index contributed by atoms with van der Waals surface area (Å²) < 4.78 is 10.2. The lowest BCUT2D eigenvalue weighted by atomic mass is 9.85. The van der Waals surface area contributed by atoms with Gasteiger partial charge in [0.05, 0.1) is 12.8 Å². The van der Waals surface area contributed by atoms with Gasteiger partial charge in [-0.3, -0.25) is 20.1 Å². The van der Waals surface area contributed by atoms with Gasteiger partial charge in [-0.1, -0.05) is 26.5 Å². The Bertz CT molecular complexity index is 2000. The van der Waals surface area contributed by atoms with Crippen LogP contribution in [0.1, 0.15) is 87.6 Å². The number of carbonyl (C=O) groups excluding carboxylic acids is 3. The number of Topliss-reactive ketones (excluding diaryl/α,β-unsaturated/α-hetero) is 1. The summed E-state index contributed by atoms with van der Waals surface area (Å²) in [5.41, 5.74) is 16.5. The van der Waals surface area contributed by atoms with Gasteiger partial charge < -0.3 is 29.7 Å². The van der Waals surface area contributed by atoms with E-state index in [0.29, 0.717) is 28.9 Å². The van der Waals surface area contributed by atoms with Gasteiger partial charge in [-0.2, -0.15) is 0 Å². The maximum absolute atomic E-state index is 14.2. The minimum atomic E-state index is -1.20. The predicted octanol–water partition coefficient (Wildman–Crippen LogP) is 3.61. The Morgan fingerprint density at radius 2 is 1.72 bits per heavy atom. The van der Waals surface area contributed by atoms with Crippen molar-refractivity contribution in [2.24, 2.45) is 23.5 Å². The quantitative estimate of drug-likeness (QED) is 0.153. The second-order valence-corrected chi connectivity index (χ2v) is 12.3. The molecule has 6 N–H and O–H groups in total. The number of H-pyrrole nitrogens is 3. The summed E-state index contributed by atoms with van der Waals surface area (Å²) in [4.78, 5) is 50.7. The van der Waals surface area contributed by atoms with Crippen LogP contribution in [0, 0.1) is 38.5 Å². The van der Waals surface area contributed by atoms with Crippen LogP contribution in [0.15, 0.2) is 18.0 Å². The summed E-state index contributed by atoms with van der Waals surface area (Å²) in [6.07, 6.45) is 9.52. The van der Waals surface area contributed by atoms with Crippen molar-refractivity contribution in [2.75, 3.05) is 13.8 Å². The predicted molar refractivity (Wildman–Crippen MR) is 177 cm³/mol. The first kappa shape index (κ1) is 31.2. The van der Waals surface area contributed by atoms with Crippen molar-refractivity contribution >= 4 is 47.6 Å². The fourth-order valence-electron chi connectivity index (χ4n) is 7.42. The summed E-state index contributed by atoms with van der Waals surface area (Å²) in [5.74, 6) is -2.87. The van der Waals surface area contributed by atoms with Crippen molar-refractivity contribution in [2.45, 2.75) is 53.9 Å². The molecule has 0 unspecified atom stereocenters. The zero-order chi connectivity index (χ0) is 33.0. The molecule has 3 aromatic rings. The first-order chi connectivity index (χ1) is 22.0. The Balaban J connectivity index is 1.71. The van der Waals surface area contributed by atoms with Crippen LogP contribution in [-0.4, -0.2) is 46.5 Å². The summed E-state index contributed by atoms with van der Waals surface area (Å²) in [6, 6.07) is 0. The lowest BCUT2D eigenvalue weighted by molar-refractivity contribution is -0.144. The Hall–Kier alpha value is -4.83. The van der Waals surface area contributed by atoms with Gasteiger partial charge in [0, 0.05) is 74.1 Å². The van der Waals surface area contributed by atoms with Crippen molar-refractivity contribution in [3.63, 3.8) is 0 Å². The average molecular weight is 624 g/mol. The number of esters is 2. The van der Waals surface area contributed by atoms with Gasteiger partial charge in [0.2, 0.25) is 0 Å². The van der Waals surface area contributed by atoms with E-state index in [9.17, 15) is 14.4 Å². The van der Waals surface area contributed by atoms with Crippen LogP contribution in [0.2, 0.25) is 0 Å². The van der Waals surface area contributed by atoms with E-state index in [2.05, 4.69) is 66.7 Å². The first-order valence-electron chi connectivity index (χ1n) is 15.7. The van der Waals surface area contributed by atoms with Crippen molar-refractivity contribution in [1.82, 2.24) is 20.3 Å². The van der Waals surface area contributed by atoms with Gasteiger partial charge in [-0.15, -0.1) is 0 Å². The number of allylic oxidation sites excluding steroid dienone is 2. The Labute approximate surface area is 267 Å². The first-order valence-corrected chi connectivity index (χ1v) is 15.7. The van der Waals surface area contributed by atoms with Crippen molar-refractivity contribution < 1.29 is 23.9 Å². The Morgan fingerprint density at radius 1 is 1.00 bits per heavy atom. The molecule has 1 fully saturated rings. The molecule has 0 saturated carbocycles. The molecule has 1 aliphatic carbocycles. The van der Waals surface area contributed by atoms with Crippen LogP contribution < -0.4 is 21.7 Å². The highest BCUT2D eigenvalue weighted by Gasteiger charge is 2.48. The van der Waals surface area contributed by atoms with Gasteiger partial charge in [-0.05, 0) is 74.1 Å². The number of hydrogen-bond donors (Lipinski definition) is 5. The fourth-order valence-corrected chi connectivity index (χ4v) is 7.42. The van der Waals surface area contributed by atoms with Crippen LogP contribution in [-0.2, 0) is 25.5 Å². The highest BCUT2D eigenvalue weighted by Crippen LogP contribution is 2.48. The number of ketones is 1. The summed E-state index contributed by atoms with van der Waals surface area (Å²) in [7, 11) is 1.37. The molecule has 0 spiro atoms. The van der Waals surface area contributed by atoms with E-state index in [1.807, 2.05) is 19.1 Å². The van der Waals surface area contributed by atoms with Crippen molar-refractivity contribution in [1.29, 1.82) is 0 Å². The topological polar surface area (TPSA) is 155 Å². The van der Waals surface area contributed by atoms with Gasteiger partial charge in [-0.25, -0.2) is 0 Å². The number of ether oxygens (including phenoxy) is 2. The lowest BCUT2D eigenvalue weighted by Gasteiger charge is -2.19. The van der Waals surface area contributed by atoms with Gasteiger partial charge in [0.15, 0.2) is 5.78 Å². The number of aromatic amines is 3. The number of carbonyl (C=O) groups is 3. The third-order valence-electron chi connectivity index (χ3n) is 9.99. The molecule has 46 heavy (non-hydrogen) atoms. The molecule has 3 aliphatic rings. The second-order valence-electron chi connectivity index (χ2n) is 12.3. The molecular formula is C36H41N5O5. The molecule has 3 aromatic heterocycles. The molecule has 3 atom stereocenters. The number of aromatic nitrogens is 3. The number of methoxy groups -OCH3 is 1. The molecule has 1 saturated heterocycles. The van der Waals surface area contributed by atoms with Gasteiger partial charge in [0.25, 0.3) is 0 Å². The Morgan fingerprint density at radius 3 is 2.39 bits per heavy atom. The monoisotopic (exact) mass is 623 g/mol. The van der Waals surface area contributed by atoms with Crippen molar-refractivity contribution in [3.05, 3.63) is 84.8 Å². The standard InChI is InChI=1S/C36H41N5O5/c1-8-20-16(3)23-12-25-18(5)22(10-11-29(42)45-7)33(40-25)31-32(36(44)46-15-37)35(43)30-19(6)26(41-34(30)31)14-28-21(9-2)17(4)24(39-28)13-27(20)38-23/h8,12-14,18,22,32,38-41H,1,9-11,15,37H2,2-7H3/b24-13-,25-12-,28-14-,33-31-/t18-,22-,32+/m0/s1. The van der Waals surface area contributed by atoms with E-state index >= 15 is 0 Å². The maximum Gasteiger partial charge on any atom is 0.322 e. The molecule has 6 rings (SSSR count). The lowest BCUT2D eigenvalue weighted by Crippen LogP contribution is -2.27. The average Bonchev–Trinajstić information content (AvgIpc) is 3.77. The zero-order valence-electron chi connectivity index (χ0n) is 27.2. The van der Waals surface area contributed by atoms with Crippen LogP contribution in [0.5, 0.6) is 0 Å². The normalized spacial score (nSPS) is 23.9. The number of fused-ring (bicyclic) bond motifs is 7. The number of nitrogens with two attached hydrogens (primary N) is 1. The SMILES string of the molecule is C=Cc1c2[nH]c(c1C)/C=C1\N/C(=C3\c4[nH]c(c(C)c4C(=O)[C@@H]3C(=O)OCN)/C=c3\[nH]/c(c(C)c3CC)=C\2)[C@@H](CCC(=O)OC)[C@@H]1C. The molecular weight excluding hydrogens is 582 g/mol. The second kappa shape index (κ2) is 11.8. The van der Waals surface area contributed by atoms with E-state index in [0.717, 1.165) is 62.2 Å². The van der Waals surface area contributed by atoms with E-state index in [1.54, 1.807) is 0 Å². The van der Waals surface area contributed by atoms with Crippen LogP contribution in [0.25, 0.3) is 29.9 Å². The summed E-state index contributed by atoms with van der Waals surface area (Å²) in [5, 5.41) is 5.53. The number of hydrogen-bond acceptors (Lipinski definition) is 7. The Kier molecular flexibility index (Phi) is 8.02. The summed E-state index contributed by atoms with van der Waals surface area (Å²) in [6.45, 7) is 14.0. The van der Waals surface area contributed by atoms with Crippen LogP contribution in [0.4, 0.5) is 0 Å². The largest absolute Gasteiger partial charge is 0.469 e. The molecule has 0 aromatic carbocycles. The van der Waals surface area contributed by atoms with E-state index in [1.165, 1.54) is 12.7 Å². The fraction of sp³-hybridized carbons (Fsp3) is 0.361. The minimum absolute atomic E-state index is 0.0857. The zero-order valence-corrected chi connectivity index (χ0v) is 27.2. The molecule has 240 valence electrons. The van der Waals surface area contributed by atoms with E-state index in [-0.39, 0.29) is 36.7 Å². The third kappa shape index (κ3) is 4.79. The molecule has 10 nitrogen and oxygen atoms in total. The van der Waals surface area contributed by atoms with Crippen LogP contribution in [0.3, 0.4) is 0 Å². The molecule has 2 aliphatic heterocycles. The highest BCUT2D eigenvalue weighted by atomic mass is 16.5. The molecule has 10 heteroatoms. The molecule has 8 bridgehead atoms. The number of rotatable bonds is 7. The number of nitrogens with one attached hydrogen (secondary N) is 4. The molecule has 0 amide bonds. The van der Waals surface area contributed by atoms with Crippen molar-refractivity contribution in [3.8, 4) is 0 Å².